The fourth-order valence-electron chi connectivity index (χ4n) is 1.50. The van der Waals surface area contributed by atoms with E-state index in [9.17, 15) is 9.59 Å². The molecule has 1 heterocycles. The van der Waals surface area contributed by atoms with E-state index in [1.165, 1.54) is 0 Å². The Morgan fingerprint density at radius 2 is 2.29 bits per heavy atom. The number of aromatic nitrogens is 1. The van der Waals surface area contributed by atoms with Crippen LogP contribution in [0.5, 0.6) is 0 Å². The first-order valence-electron chi connectivity index (χ1n) is 5.09. The Bertz CT molecular complexity index is 453. The van der Waals surface area contributed by atoms with Gasteiger partial charge in [-0.2, -0.15) is 0 Å². The lowest BCUT2D eigenvalue weighted by Crippen LogP contribution is -2.28. The summed E-state index contributed by atoms with van der Waals surface area (Å²) in [5.74, 6) is -1.58. The lowest BCUT2D eigenvalue weighted by Gasteiger charge is -2.07. The Morgan fingerprint density at radius 3 is 2.88 bits per heavy atom. The van der Waals surface area contributed by atoms with Crippen LogP contribution in [0.25, 0.3) is 0 Å². The average molecular weight is 303 g/mol. The first-order chi connectivity index (χ1) is 8.08. The van der Waals surface area contributed by atoms with E-state index in [2.05, 4.69) is 26.2 Å². The molecular formula is C10H11BrN2O4. The number of nitrogens with zero attached hydrogens (tertiary/aromatic N) is 1. The summed E-state index contributed by atoms with van der Waals surface area (Å²) in [6.07, 6.45) is 3.94. The number of rotatable bonds is 5. The van der Waals surface area contributed by atoms with Gasteiger partial charge in [-0.15, -0.1) is 0 Å². The van der Waals surface area contributed by atoms with Gasteiger partial charge in [-0.1, -0.05) is 0 Å². The van der Waals surface area contributed by atoms with Gasteiger partial charge in [0.2, 0.25) is 0 Å². The van der Waals surface area contributed by atoms with Gasteiger partial charge in [0.15, 0.2) is 6.61 Å². The first kappa shape index (κ1) is 12.1. The monoisotopic (exact) mass is 302 g/mol. The number of hydroxylamine groups is 1. The van der Waals surface area contributed by atoms with Crippen molar-refractivity contribution in [1.82, 2.24) is 10.0 Å². The van der Waals surface area contributed by atoms with Gasteiger partial charge in [0.05, 0.1) is 0 Å². The highest BCUT2D eigenvalue weighted by molar-refractivity contribution is 9.10. The number of nitrogens with one attached hydrogen (secondary N) is 1. The molecule has 1 aliphatic rings. The van der Waals surface area contributed by atoms with Crippen LogP contribution in [0.1, 0.15) is 29.4 Å². The fraction of sp³-hybridized carbons (Fsp3) is 0.400. The molecule has 0 aromatic carbocycles. The Hall–Kier alpha value is -1.34. The van der Waals surface area contributed by atoms with Gasteiger partial charge in [-0.05, 0) is 34.8 Å². The van der Waals surface area contributed by atoms with Crippen LogP contribution in [0.2, 0.25) is 0 Å². The summed E-state index contributed by atoms with van der Waals surface area (Å²) in [5, 5.41) is 8.36. The van der Waals surface area contributed by atoms with Gasteiger partial charge in [-0.25, -0.2) is 10.3 Å². The molecule has 6 nitrogen and oxygen atoms in total. The van der Waals surface area contributed by atoms with Crippen molar-refractivity contribution >= 4 is 27.8 Å². The molecule has 0 radical (unpaired) electrons. The number of aliphatic carboxylic acids is 1. The SMILES string of the molecule is O=C(O)CONC(=O)c1cc(Br)cn1C1CC1. The van der Waals surface area contributed by atoms with Crippen molar-refractivity contribution in [3.05, 3.63) is 22.4 Å². The molecule has 2 rings (SSSR count). The second kappa shape index (κ2) is 4.89. The van der Waals surface area contributed by atoms with Gasteiger partial charge in [0, 0.05) is 16.7 Å². The molecule has 1 aliphatic carbocycles. The van der Waals surface area contributed by atoms with Crippen molar-refractivity contribution < 1.29 is 19.5 Å². The molecule has 0 aliphatic heterocycles. The third kappa shape index (κ3) is 3.07. The molecule has 0 saturated heterocycles. The van der Waals surface area contributed by atoms with Crippen LogP contribution in [0.3, 0.4) is 0 Å². The number of carbonyl (C=O) groups is 2. The maximum atomic E-state index is 11.7. The van der Waals surface area contributed by atoms with E-state index in [-0.39, 0.29) is 0 Å². The molecule has 2 N–H and O–H groups in total. The van der Waals surface area contributed by atoms with E-state index in [0.29, 0.717) is 11.7 Å². The largest absolute Gasteiger partial charge is 0.479 e. The summed E-state index contributed by atoms with van der Waals surface area (Å²) < 4.78 is 2.68. The van der Waals surface area contributed by atoms with Gasteiger partial charge in [0.25, 0.3) is 5.91 Å². The van der Waals surface area contributed by atoms with Gasteiger partial charge >= 0.3 is 5.97 Å². The van der Waals surface area contributed by atoms with Crippen LogP contribution in [-0.2, 0) is 9.63 Å². The minimum absolute atomic E-state index is 0.363. The average Bonchev–Trinajstić information content (AvgIpc) is 3.01. The molecule has 0 bridgehead atoms. The van der Waals surface area contributed by atoms with E-state index < -0.39 is 18.5 Å². The smallest absolute Gasteiger partial charge is 0.332 e. The van der Waals surface area contributed by atoms with E-state index in [0.717, 1.165) is 17.3 Å². The summed E-state index contributed by atoms with van der Waals surface area (Å²) in [5.41, 5.74) is 2.57. The molecule has 1 aromatic rings. The summed E-state index contributed by atoms with van der Waals surface area (Å²) in [6.45, 7) is -0.558. The molecule has 1 aromatic heterocycles. The zero-order valence-electron chi connectivity index (χ0n) is 8.85. The molecule has 92 valence electrons. The van der Waals surface area contributed by atoms with Crippen LogP contribution in [-0.4, -0.2) is 28.2 Å². The summed E-state index contributed by atoms with van der Waals surface area (Å²) >= 11 is 3.30. The Balaban J connectivity index is 2.00. The maximum absolute atomic E-state index is 11.7. The zero-order valence-corrected chi connectivity index (χ0v) is 10.4. The number of halogens is 1. The minimum Gasteiger partial charge on any atom is -0.479 e. The highest BCUT2D eigenvalue weighted by Gasteiger charge is 2.27. The quantitative estimate of drug-likeness (QED) is 0.804. The second-order valence-electron chi connectivity index (χ2n) is 3.80. The molecule has 0 atom stereocenters. The molecule has 0 unspecified atom stereocenters. The number of carboxylic acids is 1. The minimum atomic E-state index is -1.14. The van der Waals surface area contributed by atoms with Crippen molar-refractivity contribution in [1.29, 1.82) is 0 Å². The fourth-order valence-corrected chi connectivity index (χ4v) is 1.94. The Morgan fingerprint density at radius 1 is 1.59 bits per heavy atom. The topological polar surface area (TPSA) is 80.6 Å². The molecule has 1 fully saturated rings. The number of amides is 1. The molecular weight excluding hydrogens is 292 g/mol. The first-order valence-corrected chi connectivity index (χ1v) is 5.88. The lowest BCUT2D eigenvalue weighted by atomic mass is 10.4. The summed E-state index contributed by atoms with van der Waals surface area (Å²) in [6, 6.07) is 2.04. The van der Waals surface area contributed by atoms with Crippen molar-refractivity contribution in [3.63, 3.8) is 0 Å². The predicted molar refractivity (Wildman–Crippen MR) is 61.5 cm³/mol. The van der Waals surface area contributed by atoms with Gasteiger partial charge < -0.3 is 9.67 Å². The van der Waals surface area contributed by atoms with E-state index >= 15 is 0 Å². The number of carboxylic acid groups (broad SMARTS) is 1. The molecule has 1 saturated carbocycles. The van der Waals surface area contributed by atoms with Gasteiger partial charge in [-0.3, -0.25) is 9.63 Å². The van der Waals surface area contributed by atoms with E-state index in [4.69, 9.17) is 5.11 Å². The van der Waals surface area contributed by atoms with Crippen LogP contribution in [0.4, 0.5) is 0 Å². The Kier molecular flexibility index (Phi) is 3.49. The number of hydrogen-bond donors (Lipinski definition) is 2. The summed E-state index contributed by atoms with van der Waals surface area (Å²) in [7, 11) is 0. The van der Waals surface area contributed by atoms with Crippen molar-refractivity contribution in [3.8, 4) is 0 Å². The maximum Gasteiger partial charge on any atom is 0.332 e. The third-order valence-electron chi connectivity index (χ3n) is 2.35. The van der Waals surface area contributed by atoms with Crippen LogP contribution < -0.4 is 5.48 Å². The van der Waals surface area contributed by atoms with E-state index in [1.54, 1.807) is 6.07 Å². The van der Waals surface area contributed by atoms with Crippen LogP contribution in [0, 0.1) is 0 Å². The van der Waals surface area contributed by atoms with E-state index in [1.807, 2.05) is 10.8 Å². The van der Waals surface area contributed by atoms with Crippen LogP contribution in [0.15, 0.2) is 16.7 Å². The molecule has 7 heteroatoms. The Labute approximate surface area is 106 Å². The normalized spacial score (nSPS) is 14.6. The number of carbonyl (C=O) groups excluding carboxylic acids is 1. The zero-order chi connectivity index (χ0) is 12.4. The lowest BCUT2D eigenvalue weighted by molar-refractivity contribution is -0.144. The summed E-state index contributed by atoms with van der Waals surface area (Å²) in [4.78, 5) is 26.5. The van der Waals surface area contributed by atoms with Crippen molar-refractivity contribution in [2.75, 3.05) is 6.61 Å². The standard InChI is InChI=1S/C10H11BrN2O4/c11-6-3-8(13(4-6)7-1-2-7)10(16)12-17-5-9(14)15/h3-4,7H,1-2,5H2,(H,12,16)(H,14,15). The highest BCUT2D eigenvalue weighted by atomic mass is 79.9. The molecule has 1 amide bonds. The molecule has 0 spiro atoms. The van der Waals surface area contributed by atoms with Crippen molar-refractivity contribution in [2.24, 2.45) is 0 Å². The predicted octanol–water partition coefficient (Wildman–Crippen LogP) is 1.33. The second-order valence-corrected chi connectivity index (χ2v) is 4.71. The number of hydrogen-bond acceptors (Lipinski definition) is 3. The van der Waals surface area contributed by atoms with Crippen LogP contribution >= 0.6 is 15.9 Å². The molecule has 17 heavy (non-hydrogen) atoms. The highest BCUT2D eigenvalue weighted by Crippen LogP contribution is 2.37. The van der Waals surface area contributed by atoms with Gasteiger partial charge in [0.1, 0.15) is 5.69 Å². The third-order valence-corrected chi connectivity index (χ3v) is 2.78. The van der Waals surface area contributed by atoms with Crippen molar-refractivity contribution in [2.45, 2.75) is 18.9 Å².